The van der Waals surface area contributed by atoms with Crippen LogP contribution in [0.2, 0.25) is 0 Å². The molecule has 0 radical (unpaired) electrons. The van der Waals surface area contributed by atoms with E-state index in [-0.39, 0.29) is 4.90 Å². The first-order valence-electron chi connectivity index (χ1n) is 4.77. The molecule has 0 aliphatic carbocycles. The maximum atomic E-state index is 11.2. The zero-order valence-corrected chi connectivity index (χ0v) is 10.9. The molecule has 0 amide bonds. The molecule has 3 nitrogen and oxygen atoms in total. The highest BCUT2D eigenvalue weighted by molar-refractivity contribution is 9.10. The summed E-state index contributed by atoms with van der Waals surface area (Å²) in [6, 6.07) is 5.14. The summed E-state index contributed by atoms with van der Waals surface area (Å²) in [5.74, 6) is 0. The van der Waals surface area contributed by atoms with Crippen molar-refractivity contribution in [1.82, 2.24) is 0 Å². The Balaban J connectivity index is 3.12. The van der Waals surface area contributed by atoms with Gasteiger partial charge in [-0.05, 0) is 40.4 Å². The molecule has 0 bridgehead atoms. The smallest absolute Gasteiger partial charge is 0.225 e. The lowest BCUT2D eigenvalue weighted by Crippen LogP contribution is -2.13. The molecule has 0 heterocycles. The Morgan fingerprint density at radius 1 is 1.40 bits per heavy atom. The molecule has 1 rings (SSSR count). The zero-order valence-electron chi connectivity index (χ0n) is 8.53. The Morgan fingerprint density at radius 3 is 2.60 bits per heavy atom. The molecule has 0 aromatic heterocycles. The first kappa shape index (κ1) is 12.7. The van der Waals surface area contributed by atoms with E-state index in [1.807, 2.05) is 6.07 Å². The van der Waals surface area contributed by atoms with Crippen LogP contribution in [0.25, 0.3) is 0 Å². The number of aryl methyl sites for hydroxylation is 1. The third kappa shape index (κ3) is 3.29. The summed E-state index contributed by atoms with van der Waals surface area (Å²) in [4.78, 5) is 0.163. The Bertz CT molecular complexity index is 443. The van der Waals surface area contributed by atoms with Crippen LogP contribution in [0.3, 0.4) is 0 Å². The first-order valence-corrected chi connectivity index (χ1v) is 7.11. The number of unbranched alkanes of at least 4 members (excludes halogenated alkanes) is 1. The van der Waals surface area contributed by atoms with Crippen LogP contribution in [-0.4, -0.2) is 8.42 Å². The molecule has 0 atom stereocenters. The number of hydrogen-bond donors (Lipinski definition) is 1. The summed E-state index contributed by atoms with van der Waals surface area (Å²) < 4.78 is 23.1. The molecule has 5 heteroatoms. The third-order valence-corrected chi connectivity index (χ3v) is 4.30. The van der Waals surface area contributed by atoms with Gasteiger partial charge in [-0.1, -0.05) is 25.5 Å². The second-order valence-corrected chi connectivity index (χ2v) is 5.70. The van der Waals surface area contributed by atoms with Crippen molar-refractivity contribution in [3.63, 3.8) is 0 Å². The Morgan fingerprint density at radius 2 is 2.07 bits per heavy atom. The number of nitrogens with two attached hydrogens (primary N) is 1. The molecular formula is C10H14BrNO2S. The molecule has 1 aromatic rings. The topological polar surface area (TPSA) is 60.2 Å². The highest BCUT2D eigenvalue weighted by atomic mass is 79.9. The number of hydrogen-bond acceptors (Lipinski definition) is 2. The van der Waals surface area contributed by atoms with E-state index in [2.05, 4.69) is 22.9 Å². The molecule has 0 saturated carbocycles. The van der Waals surface area contributed by atoms with E-state index in [1.54, 1.807) is 6.07 Å². The Hall–Kier alpha value is -0.390. The van der Waals surface area contributed by atoms with Gasteiger partial charge in [-0.2, -0.15) is 0 Å². The fourth-order valence-corrected chi connectivity index (χ4v) is 3.12. The van der Waals surface area contributed by atoms with Gasteiger partial charge in [0.25, 0.3) is 0 Å². The molecule has 0 fully saturated rings. The summed E-state index contributed by atoms with van der Waals surface area (Å²) in [5.41, 5.74) is 0.989. The molecule has 1 aromatic carbocycles. The summed E-state index contributed by atoms with van der Waals surface area (Å²) in [6.07, 6.45) is 2.97. The number of primary sulfonamides is 1. The van der Waals surface area contributed by atoms with Crippen LogP contribution in [0.15, 0.2) is 27.6 Å². The first-order chi connectivity index (χ1) is 6.96. The second-order valence-electron chi connectivity index (χ2n) is 3.38. The third-order valence-electron chi connectivity index (χ3n) is 2.15. The Kier molecular flexibility index (Phi) is 4.31. The fraction of sp³-hybridized carbons (Fsp3) is 0.400. The quantitative estimate of drug-likeness (QED) is 0.926. The monoisotopic (exact) mass is 291 g/mol. The van der Waals surface area contributed by atoms with Gasteiger partial charge in [-0.3, -0.25) is 0 Å². The average Bonchev–Trinajstić information content (AvgIpc) is 2.14. The normalized spacial score (nSPS) is 11.7. The molecule has 0 aliphatic rings. The lowest BCUT2D eigenvalue weighted by molar-refractivity contribution is 0.597. The van der Waals surface area contributed by atoms with Gasteiger partial charge >= 0.3 is 0 Å². The van der Waals surface area contributed by atoms with Crippen molar-refractivity contribution >= 4 is 26.0 Å². The van der Waals surface area contributed by atoms with E-state index in [9.17, 15) is 8.42 Å². The van der Waals surface area contributed by atoms with E-state index in [0.717, 1.165) is 24.8 Å². The van der Waals surface area contributed by atoms with Crippen LogP contribution < -0.4 is 5.14 Å². The highest BCUT2D eigenvalue weighted by Gasteiger charge is 2.14. The molecule has 0 spiro atoms. The van der Waals surface area contributed by atoms with Crippen LogP contribution in [0.4, 0.5) is 0 Å². The molecule has 0 saturated heterocycles. The SMILES string of the molecule is CCCCc1cccc(S(N)(=O)=O)c1Br. The molecule has 0 unspecified atom stereocenters. The largest absolute Gasteiger partial charge is 0.239 e. The van der Waals surface area contributed by atoms with Crippen LogP contribution in [0, 0.1) is 0 Å². The Labute approximate surface area is 98.9 Å². The van der Waals surface area contributed by atoms with Crippen LogP contribution in [-0.2, 0) is 16.4 Å². The van der Waals surface area contributed by atoms with E-state index in [0.29, 0.717) is 4.47 Å². The van der Waals surface area contributed by atoms with Gasteiger partial charge < -0.3 is 0 Å². The summed E-state index contributed by atoms with van der Waals surface area (Å²) >= 11 is 3.29. The number of benzene rings is 1. The van der Waals surface area contributed by atoms with Crippen molar-refractivity contribution in [2.75, 3.05) is 0 Å². The van der Waals surface area contributed by atoms with Crippen molar-refractivity contribution in [2.45, 2.75) is 31.1 Å². The minimum Gasteiger partial charge on any atom is -0.225 e. The van der Waals surface area contributed by atoms with Crippen molar-refractivity contribution in [3.8, 4) is 0 Å². The standard InChI is InChI=1S/C10H14BrNO2S/c1-2-3-5-8-6-4-7-9(10(8)11)15(12,13)14/h4,6-7H,2-3,5H2,1H3,(H2,12,13,14). The molecular weight excluding hydrogens is 278 g/mol. The minimum absolute atomic E-state index is 0.163. The van der Waals surface area contributed by atoms with Crippen molar-refractivity contribution < 1.29 is 8.42 Å². The van der Waals surface area contributed by atoms with Crippen molar-refractivity contribution in [3.05, 3.63) is 28.2 Å². The van der Waals surface area contributed by atoms with Gasteiger partial charge in [-0.15, -0.1) is 0 Å². The van der Waals surface area contributed by atoms with E-state index in [4.69, 9.17) is 5.14 Å². The zero-order chi connectivity index (χ0) is 11.5. The maximum Gasteiger partial charge on any atom is 0.239 e. The van der Waals surface area contributed by atoms with Crippen molar-refractivity contribution in [2.24, 2.45) is 5.14 Å². The number of halogens is 1. The molecule has 15 heavy (non-hydrogen) atoms. The molecule has 2 N–H and O–H groups in total. The van der Waals surface area contributed by atoms with E-state index >= 15 is 0 Å². The van der Waals surface area contributed by atoms with Gasteiger partial charge in [0.05, 0.1) is 4.90 Å². The minimum atomic E-state index is -3.63. The average molecular weight is 292 g/mol. The summed E-state index contributed by atoms with van der Waals surface area (Å²) in [7, 11) is -3.63. The predicted octanol–water partition coefficient (Wildman–Crippen LogP) is 2.44. The lowest BCUT2D eigenvalue weighted by Gasteiger charge is -2.07. The fourth-order valence-electron chi connectivity index (χ4n) is 1.34. The van der Waals surface area contributed by atoms with Crippen LogP contribution >= 0.6 is 15.9 Å². The summed E-state index contributed by atoms with van der Waals surface area (Å²) in [5, 5.41) is 5.10. The molecule has 0 aliphatic heterocycles. The van der Waals surface area contributed by atoms with Gasteiger partial charge in [0, 0.05) is 4.47 Å². The highest BCUT2D eigenvalue weighted by Crippen LogP contribution is 2.26. The van der Waals surface area contributed by atoms with Crippen LogP contribution in [0.5, 0.6) is 0 Å². The maximum absolute atomic E-state index is 11.2. The second kappa shape index (κ2) is 5.09. The van der Waals surface area contributed by atoms with Crippen LogP contribution in [0.1, 0.15) is 25.3 Å². The van der Waals surface area contributed by atoms with Gasteiger partial charge in [0.2, 0.25) is 10.0 Å². The van der Waals surface area contributed by atoms with Crippen molar-refractivity contribution in [1.29, 1.82) is 0 Å². The van der Waals surface area contributed by atoms with E-state index < -0.39 is 10.0 Å². The van der Waals surface area contributed by atoms with Gasteiger partial charge in [-0.25, -0.2) is 13.6 Å². The number of rotatable bonds is 4. The predicted molar refractivity (Wildman–Crippen MR) is 64.1 cm³/mol. The number of sulfonamides is 1. The summed E-state index contributed by atoms with van der Waals surface area (Å²) in [6.45, 7) is 2.09. The van der Waals surface area contributed by atoms with Gasteiger partial charge in [0.15, 0.2) is 0 Å². The lowest BCUT2D eigenvalue weighted by atomic mass is 10.1. The van der Waals surface area contributed by atoms with E-state index in [1.165, 1.54) is 6.07 Å². The molecule has 84 valence electrons. The van der Waals surface area contributed by atoms with Gasteiger partial charge in [0.1, 0.15) is 0 Å².